The number of halogens is 6. The van der Waals surface area contributed by atoms with Crippen LogP contribution in [-0.2, 0) is 47.5 Å². The van der Waals surface area contributed by atoms with Crippen LogP contribution in [0.4, 0.5) is 26.3 Å². The molecular weight excluding hydrogens is 890 g/mol. The number of hydrogen-bond acceptors (Lipinski definition) is 13. The van der Waals surface area contributed by atoms with Crippen molar-refractivity contribution in [1.82, 2.24) is 10.6 Å². The molecule has 0 spiro atoms. The van der Waals surface area contributed by atoms with Gasteiger partial charge in [-0.25, -0.2) is 0 Å². The summed E-state index contributed by atoms with van der Waals surface area (Å²) in [5, 5.41) is 34.5. The minimum atomic E-state index is -5.15. The monoisotopic (exact) mass is 969 g/mol. The number of aliphatic hydroxyl groups is 3. The third kappa shape index (κ3) is 22.8. The Morgan fingerprint density at radius 3 is 1.33 bits per heavy atom. The molecule has 2 aliphatic heterocycles. The van der Waals surface area contributed by atoms with Crippen LogP contribution in [0.2, 0.25) is 0 Å². The van der Waals surface area contributed by atoms with Crippen molar-refractivity contribution >= 4 is 11.8 Å². The normalized spacial score (nSPS) is 26.7. The lowest BCUT2D eigenvalue weighted by Gasteiger charge is -2.44. The van der Waals surface area contributed by atoms with Crippen molar-refractivity contribution in [2.45, 2.75) is 203 Å². The number of alkyl halides is 6. The lowest BCUT2D eigenvalue weighted by molar-refractivity contribution is -0.276. The Kier molecular flexibility index (Phi) is 31.7. The van der Waals surface area contributed by atoms with Gasteiger partial charge < -0.3 is 63.8 Å². The van der Waals surface area contributed by atoms with Crippen LogP contribution in [0.3, 0.4) is 0 Å². The molecule has 0 aromatic heterocycles. The average Bonchev–Trinajstić information content (AvgIpc) is 3.28. The Balaban J connectivity index is 0.000000660. The first kappa shape index (κ1) is 61.6. The molecule has 66 heavy (non-hydrogen) atoms. The summed E-state index contributed by atoms with van der Waals surface area (Å²) in [5.41, 5.74) is 0. The third-order valence-corrected chi connectivity index (χ3v) is 11.2. The van der Waals surface area contributed by atoms with Crippen LogP contribution in [0.1, 0.15) is 117 Å². The van der Waals surface area contributed by atoms with Gasteiger partial charge in [-0.1, -0.05) is 97.1 Å². The van der Waals surface area contributed by atoms with Gasteiger partial charge in [-0.05, 0) is 32.1 Å². The smallest absolute Gasteiger partial charge is 0.394 e. The second-order valence-corrected chi connectivity index (χ2v) is 16.3. The molecule has 2 heterocycles. The van der Waals surface area contributed by atoms with Crippen LogP contribution in [0, 0.1) is 0 Å². The zero-order valence-corrected chi connectivity index (χ0v) is 39.3. The molecule has 2 aliphatic rings. The lowest BCUT2D eigenvalue weighted by Crippen LogP contribution is -2.66. The van der Waals surface area contributed by atoms with Gasteiger partial charge in [0.15, 0.2) is 12.6 Å². The van der Waals surface area contributed by atoms with Crippen molar-refractivity contribution < 1.29 is 89.1 Å². The van der Waals surface area contributed by atoms with Crippen molar-refractivity contribution in [2.75, 3.05) is 47.3 Å². The topological polar surface area (TPSA) is 193 Å². The summed E-state index contributed by atoms with van der Waals surface area (Å²) >= 11 is 0. The summed E-state index contributed by atoms with van der Waals surface area (Å²) in [7, 11) is 3.19. The number of unbranched alkanes of at least 4 members (excludes halogenated alkanes) is 8. The summed E-state index contributed by atoms with van der Waals surface area (Å²) < 4.78 is 122. The SMILES string of the molecule is C=CCO[C@H]1O[C@H](CC)[C@@H](O)[C@H](OCC[C@@H](CCCCCCC)OC)[C@H]1NC(=O)C(F)(F)F.C=CCO[C@H]1O[C@H](CO)[C@@H](O)[C@H](OCC[C@@H](CCCCCCC)OC)C1NC(=O)C(F)(F)F. The second-order valence-electron chi connectivity index (χ2n) is 16.3. The van der Waals surface area contributed by atoms with Crippen molar-refractivity contribution in [3.63, 3.8) is 0 Å². The van der Waals surface area contributed by atoms with Gasteiger partial charge in [0.05, 0.1) is 38.1 Å². The molecule has 5 N–H and O–H groups in total. The van der Waals surface area contributed by atoms with E-state index in [2.05, 4.69) is 27.0 Å². The Hall–Kier alpha value is -2.44. The zero-order chi connectivity index (χ0) is 49.7. The van der Waals surface area contributed by atoms with Crippen LogP contribution in [-0.4, -0.2) is 160 Å². The van der Waals surface area contributed by atoms with Crippen LogP contribution in [0.15, 0.2) is 25.3 Å². The minimum Gasteiger partial charge on any atom is -0.394 e. The number of ether oxygens (including phenoxy) is 8. The summed E-state index contributed by atoms with van der Waals surface area (Å²) in [5.74, 6) is -4.37. The minimum absolute atomic E-state index is 0.00785. The first-order chi connectivity index (χ1) is 31.4. The molecule has 2 amide bonds. The molecule has 2 fully saturated rings. The number of methoxy groups -OCH3 is 2. The molecule has 388 valence electrons. The summed E-state index contributed by atoms with van der Waals surface area (Å²) in [4.78, 5) is 23.3. The van der Waals surface area contributed by atoms with Crippen molar-refractivity contribution in [3.05, 3.63) is 25.3 Å². The van der Waals surface area contributed by atoms with Crippen LogP contribution < -0.4 is 10.6 Å². The second kappa shape index (κ2) is 34.0. The van der Waals surface area contributed by atoms with Gasteiger partial charge in [-0.15, -0.1) is 13.2 Å². The van der Waals surface area contributed by atoms with E-state index in [1.807, 2.05) is 5.32 Å². The first-order valence-corrected chi connectivity index (χ1v) is 23.2. The molecule has 0 bridgehead atoms. The lowest BCUT2D eigenvalue weighted by atomic mass is 9.94. The van der Waals surface area contributed by atoms with Crippen LogP contribution >= 0.6 is 0 Å². The number of rotatable bonds is 32. The largest absolute Gasteiger partial charge is 0.471 e. The maximum Gasteiger partial charge on any atom is 0.471 e. The number of hydrogen-bond donors (Lipinski definition) is 5. The van der Waals surface area contributed by atoms with E-state index < -0.39 is 92.1 Å². The Morgan fingerprint density at radius 2 is 1.00 bits per heavy atom. The number of carbonyl (C=O) groups excluding carboxylic acids is 2. The highest BCUT2D eigenvalue weighted by Crippen LogP contribution is 2.29. The Morgan fingerprint density at radius 1 is 0.621 bits per heavy atom. The summed E-state index contributed by atoms with van der Waals surface area (Å²) in [6, 6.07) is -2.82. The molecule has 1 unspecified atom stereocenters. The fraction of sp³-hybridized carbons (Fsp3) is 0.867. The zero-order valence-electron chi connectivity index (χ0n) is 39.3. The number of nitrogens with one attached hydrogen (secondary N) is 2. The average molecular weight is 969 g/mol. The number of carbonyl (C=O) groups is 2. The van der Waals surface area contributed by atoms with E-state index in [1.54, 1.807) is 26.5 Å². The highest BCUT2D eigenvalue weighted by atomic mass is 19.4. The molecule has 0 radical (unpaired) electrons. The summed E-state index contributed by atoms with van der Waals surface area (Å²) in [6.07, 6.45) is -3.21. The maximum absolute atomic E-state index is 12.9. The van der Waals surface area contributed by atoms with Crippen molar-refractivity contribution in [2.24, 2.45) is 0 Å². The Bertz CT molecular complexity index is 1220. The van der Waals surface area contributed by atoms with Crippen LogP contribution in [0.25, 0.3) is 0 Å². The van der Waals surface area contributed by atoms with E-state index in [0.29, 0.717) is 19.3 Å². The predicted octanol–water partition coefficient (Wildman–Crippen LogP) is 6.35. The van der Waals surface area contributed by atoms with Crippen molar-refractivity contribution in [3.8, 4) is 0 Å². The van der Waals surface area contributed by atoms with Gasteiger partial charge in [0, 0.05) is 27.4 Å². The predicted molar refractivity (Wildman–Crippen MR) is 232 cm³/mol. The fourth-order valence-corrected chi connectivity index (χ4v) is 7.49. The standard InChI is InChI=1S/C23H40F3NO6.C22H38F3NO7/c1-5-8-9-10-11-12-16(30-4)13-15-31-20-18(27-22(29)23(24,25)26)21(32-14-6-2)33-17(7-3)19(20)28;1-4-6-7-8-9-10-15(30-3)11-13-31-19-17(26-21(29)22(23,24)25)20(32-12-5-2)33-16(14-27)18(19)28/h6,16-21,28H,2,5,7-15H2,1,3-4H3,(H,27,29);5,15-20,27-28H,2,4,6-14H2,1,3H3,(H,26,29)/t16-,17-,18-,19-,20-,21+;15-,16-,17?,18-,19-,20+/m11/s1. The highest BCUT2D eigenvalue weighted by molar-refractivity contribution is 5.82. The molecule has 0 aliphatic carbocycles. The van der Waals surface area contributed by atoms with Gasteiger partial charge >= 0.3 is 24.2 Å². The van der Waals surface area contributed by atoms with Crippen LogP contribution in [0.5, 0.6) is 0 Å². The van der Waals surface area contributed by atoms with Gasteiger partial charge in [0.2, 0.25) is 0 Å². The molecule has 21 heteroatoms. The van der Waals surface area contributed by atoms with Crippen molar-refractivity contribution in [1.29, 1.82) is 0 Å². The highest BCUT2D eigenvalue weighted by Gasteiger charge is 2.51. The van der Waals surface area contributed by atoms with E-state index >= 15 is 0 Å². The van der Waals surface area contributed by atoms with E-state index in [0.717, 1.165) is 57.8 Å². The molecule has 2 saturated heterocycles. The van der Waals surface area contributed by atoms with E-state index in [1.165, 1.54) is 31.4 Å². The molecule has 2 rings (SSSR count). The molecule has 0 saturated carbocycles. The fourth-order valence-electron chi connectivity index (χ4n) is 7.49. The molecule has 15 nitrogen and oxygen atoms in total. The third-order valence-electron chi connectivity index (χ3n) is 11.2. The maximum atomic E-state index is 12.9. The van der Waals surface area contributed by atoms with Gasteiger partial charge in [0.25, 0.3) is 0 Å². The number of aliphatic hydroxyl groups excluding tert-OH is 3. The first-order valence-electron chi connectivity index (χ1n) is 23.2. The summed E-state index contributed by atoms with van der Waals surface area (Å²) in [6.45, 7) is 12.5. The Labute approximate surface area is 386 Å². The van der Waals surface area contributed by atoms with Gasteiger partial charge in [0.1, 0.15) is 42.6 Å². The van der Waals surface area contributed by atoms with Gasteiger partial charge in [-0.2, -0.15) is 26.3 Å². The van der Waals surface area contributed by atoms with E-state index in [-0.39, 0.29) is 38.6 Å². The molecular formula is C45H78F6N2O13. The number of amides is 2. The molecule has 0 aromatic carbocycles. The molecule has 12 atom stereocenters. The van der Waals surface area contributed by atoms with E-state index in [4.69, 9.17) is 37.9 Å². The molecule has 0 aromatic rings. The van der Waals surface area contributed by atoms with Gasteiger partial charge in [-0.3, -0.25) is 9.59 Å². The quantitative estimate of drug-likeness (QED) is 0.0285. The van der Waals surface area contributed by atoms with E-state index in [9.17, 15) is 51.3 Å².